The monoisotopic (exact) mass is 272 g/mol. The number of rotatable bonds is 4. The second-order valence-corrected chi connectivity index (χ2v) is 3.96. The van der Waals surface area contributed by atoms with Crippen molar-refractivity contribution < 1.29 is 9.53 Å². The highest BCUT2D eigenvalue weighted by molar-refractivity contribution is 5.88. The molecule has 0 saturated heterocycles. The number of nitrogens with one attached hydrogen (secondary N) is 3. The van der Waals surface area contributed by atoms with Crippen molar-refractivity contribution >= 4 is 17.5 Å². The molecule has 1 heterocycles. The zero-order chi connectivity index (χ0) is 14.4. The summed E-state index contributed by atoms with van der Waals surface area (Å²) in [5.74, 6) is 1.73. The number of aromatic nitrogens is 1. The van der Waals surface area contributed by atoms with Crippen LogP contribution in [0.15, 0.2) is 42.6 Å². The van der Waals surface area contributed by atoms with E-state index in [1.165, 1.54) is 0 Å². The molecule has 3 N–H and O–H groups in total. The van der Waals surface area contributed by atoms with Crippen molar-refractivity contribution in [3.05, 3.63) is 42.6 Å². The topological polar surface area (TPSA) is 75.3 Å². The van der Waals surface area contributed by atoms with Gasteiger partial charge in [0.25, 0.3) is 0 Å². The van der Waals surface area contributed by atoms with Crippen molar-refractivity contribution in [1.29, 1.82) is 0 Å². The highest BCUT2D eigenvalue weighted by Gasteiger charge is 2.03. The molecule has 20 heavy (non-hydrogen) atoms. The van der Waals surface area contributed by atoms with Gasteiger partial charge >= 0.3 is 6.03 Å². The van der Waals surface area contributed by atoms with Crippen LogP contribution in [-0.4, -0.2) is 25.1 Å². The van der Waals surface area contributed by atoms with Crippen LogP contribution >= 0.6 is 0 Å². The number of nitrogens with zero attached hydrogens (tertiary/aromatic N) is 1. The van der Waals surface area contributed by atoms with Crippen LogP contribution < -0.4 is 20.7 Å². The summed E-state index contributed by atoms with van der Waals surface area (Å²) in [5, 5.41) is 8.08. The number of pyridine rings is 1. The van der Waals surface area contributed by atoms with Crippen LogP contribution in [0, 0.1) is 0 Å². The van der Waals surface area contributed by atoms with E-state index >= 15 is 0 Å². The standard InChI is InChI=1S/C14H16N4O2/c1-15-10-3-5-11(6-4-10)20-12-7-8-17-13(9-12)18-14(19)16-2/h3-9,15H,1-2H3,(H2,16,17,18,19). The summed E-state index contributed by atoms with van der Waals surface area (Å²) in [5.41, 5.74) is 1.01. The molecule has 2 rings (SSSR count). The van der Waals surface area contributed by atoms with Crippen LogP contribution in [0.3, 0.4) is 0 Å². The molecule has 1 aromatic heterocycles. The van der Waals surface area contributed by atoms with Gasteiger partial charge in [0.05, 0.1) is 0 Å². The Morgan fingerprint density at radius 1 is 1.10 bits per heavy atom. The first-order chi connectivity index (χ1) is 9.71. The minimum absolute atomic E-state index is 0.326. The number of benzene rings is 1. The number of hydrogen-bond donors (Lipinski definition) is 3. The second kappa shape index (κ2) is 6.42. The van der Waals surface area contributed by atoms with Crippen LogP contribution in [0.1, 0.15) is 0 Å². The van der Waals surface area contributed by atoms with Crippen LogP contribution in [0.4, 0.5) is 16.3 Å². The summed E-state index contributed by atoms with van der Waals surface area (Å²) in [6.07, 6.45) is 1.57. The largest absolute Gasteiger partial charge is 0.457 e. The van der Waals surface area contributed by atoms with Crippen LogP contribution in [0.5, 0.6) is 11.5 Å². The summed E-state index contributed by atoms with van der Waals surface area (Å²) < 4.78 is 5.69. The average molecular weight is 272 g/mol. The molecule has 6 nitrogen and oxygen atoms in total. The molecule has 0 spiro atoms. The molecule has 0 aliphatic heterocycles. The Morgan fingerprint density at radius 2 is 1.85 bits per heavy atom. The van der Waals surface area contributed by atoms with Gasteiger partial charge in [-0.2, -0.15) is 0 Å². The third kappa shape index (κ3) is 3.61. The predicted octanol–water partition coefficient (Wildman–Crippen LogP) is 2.67. The predicted molar refractivity (Wildman–Crippen MR) is 78.4 cm³/mol. The van der Waals surface area contributed by atoms with E-state index in [-0.39, 0.29) is 6.03 Å². The highest BCUT2D eigenvalue weighted by Crippen LogP contribution is 2.24. The molecular weight excluding hydrogens is 256 g/mol. The quantitative estimate of drug-likeness (QED) is 0.800. The molecule has 0 aliphatic rings. The maximum atomic E-state index is 11.2. The minimum atomic E-state index is -0.326. The Balaban J connectivity index is 2.08. The van der Waals surface area contributed by atoms with Crippen molar-refractivity contribution in [3.8, 4) is 11.5 Å². The number of urea groups is 1. The first-order valence-electron chi connectivity index (χ1n) is 6.11. The Morgan fingerprint density at radius 3 is 2.50 bits per heavy atom. The fraction of sp³-hybridized carbons (Fsp3) is 0.143. The molecule has 0 aliphatic carbocycles. The zero-order valence-corrected chi connectivity index (χ0v) is 11.3. The maximum absolute atomic E-state index is 11.2. The Hall–Kier alpha value is -2.76. The van der Waals surface area contributed by atoms with E-state index in [0.717, 1.165) is 5.69 Å². The maximum Gasteiger partial charge on any atom is 0.320 e. The summed E-state index contributed by atoms with van der Waals surface area (Å²) in [6.45, 7) is 0. The smallest absolute Gasteiger partial charge is 0.320 e. The number of amides is 2. The molecule has 0 unspecified atom stereocenters. The molecule has 0 atom stereocenters. The first-order valence-corrected chi connectivity index (χ1v) is 6.11. The lowest BCUT2D eigenvalue weighted by atomic mass is 10.3. The van der Waals surface area contributed by atoms with Gasteiger partial charge in [-0.1, -0.05) is 0 Å². The van der Waals surface area contributed by atoms with E-state index in [1.54, 1.807) is 25.4 Å². The van der Waals surface area contributed by atoms with Gasteiger partial charge in [0.1, 0.15) is 17.3 Å². The number of carbonyl (C=O) groups is 1. The van der Waals surface area contributed by atoms with E-state index in [0.29, 0.717) is 17.3 Å². The average Bonchev–Trinajstić information content (AvgIpc) is 2.48. The van der Waals surface area contributed by atoms with Crippen molar-refractivity contribution in [2.24, 2.45) is 0 Å². The Kier molecular flexibility index (Phi) is 4.39. The third-order valence-corrected chi connectivity index (χ3v) is 2.58. The Labute approximate surface area is 117 Å². The van der Waals surface area contributed by atoms with Crippen molar-refractivity contribution in [2.75, 3.05) is 24.7 Å². The normalized spacial score (nSPS) is 9.70. The van der Waals surface area contributed by atoms with Gasteiger partial charge in [0.2, 0.25) is 0 Å². The van der Waals surface area contributed by atoms with Crippen LogP contribution in [0.25, 0.3) is 0 Å². The summed E-state index contributed by atoms with van der Waals surface area (Å²) in [4.78, 5) is 15.2. The van der Waals surface area contributed by atoms with E-state index in [9.17, 15) is 4.79 Å². The molecule has 0 fully saturated rings. The van der Waals surface area contributed by atoms with Crippen molar-refractivity contribution in [1.82, 2.24) is 10.3 Å². The third-order valence-electron chi connectivity index (χ3n) is 2.58. The number of hydrogen-bond acceptors (Lipinski definition) is 4. The molecule has 104 valence electrons. The van der Waals surface area contributed by atoms with Gasteiger partial charge in [-0.3, -0.25) is 5.32 Å². The van der Waals surface area contributed by atoms with E-state index in [1.807, 2.05) is 31.3 Å². The second-order valence-electron chi connectivity index (χ2n) is 3.96. The summed E-state index contributed by atoms with van der Waals surface area (Å²) >= 11 is 0. The molecule has 6 heteroatoms. The fourth-order valence-electron chi connectivity index (χ4n) is 1.55. The first kappa shape index (κ1) is 13.7. The lowest BCUT2D eigenvalue weighted by Gasteiger charge is -2.08. The lowest BCUT2D eigenvalue weighted by molar-refractivity contribution is 0.254. The number of ether oxygens (including phenoxy) is 1. The number of carbonyl (C=O) groups excluding carboxylic acids is 1. The fourth-order valence-corrected chi connectivity index (χ4v) is 1.55. The van der Waals surface area contributed by atoms with Gasteiger partial charge < -0.3 is 15.4 Å². The summed E-state index contributed by atoms with van der Waals surface area (Å²) in [6, 6.07) is 10.6. The van der Waals surface area contributed by atoms with Gasteiger partial charge in [-0.25, -0.2) is 9.78 Å². The zero-order valence-electron chi connectivity index (χ0n) is 11.3. The Bertz CT molecular complexity index is 584. The van der Waals surface area contributed by atoms with E-state index in [2.05, 4.69) is 20.9 Å². The van der Waals surface area contributed by atoms with Crippen LogP contribution in [-0.2, 0) is 0 Å². The molecule has 0 saturated carbocycles. The molecule has 2 amide bonds. The summed E-state index contributed by atoms with van der Waals surface area (Å²) in [7, 11) is 3.40. The van der Waals surface area contributed by atoms with Crippen LogP contribution in [0.2, 0.25) is 0 Å². The SMILES string of the molecule is CNC(=O)Nc1cc(Oc2ccc(NC)cc2)ccn1. The molecule has 0 radical (unpaired) electrons. The van der Waals surface area contributed by atoms with Crippen molar-refractivity contribution in [2.45, 2.75) is 0 Å². The highest BCUT2D eigenvalue weighted by atomic mass is 16.5. The lowest BCUT2D eigenvalue weighted by Crippen LogP contribution is -2.24. The minimum Gasteiger partial charge on any atom is -0.457 e. The number of anilines is 2. The molecule has 1 aromatic carbocycles. The van der Waals surface area contributed by atoms with Crippen molar-refractivity contribution in [3.63, 3.8) is 0 Å². The van der Waals surface area contributed by atoms with Gasteiger partial charge in [0, 0.05) is 32.0 Å². The molecule has 2 aromatic rings. The van der Waals surface area contributed by atoms with Gasteiger partial charge in [-0.15, -0.1) is 0 Å². The van der Waals surface area contributed by atoms with E-state index in [4.69, 9.17) is 4.74 Å². The van der Waals surface area contributed by atoms with Gasteiger partial charge in [-0.05, 0) is 30.3 Å². The molecule has 0 bridgehead atoms. The van der Waals surface area contributed by atoms with E-state index < -0.39 is 0 Å². The van der Waals surface area contributed by atoms with Gasteiger partial charge in [0.15, 0.2) is 0 Å². The molecular formula is C14H16N4O2.